The van der Waals surface area contributed by atoms with Gasteiger partial charge in [-0.3, -0.25) is 0 Å². The number of aromatic hydroxyl groups is 1. The second-order valence-electron chi connectivity index (χ2n) is 4.77. The lowest BCUT2D eigenvalue weighted by Crippen LogP contribution is -1.84. The van der Waals surface area contributed by atoms with Gasteiger partial charge in [-0.05, 0) is 49.2 Å². The first kappa shape index (κ1) is 12.4. The van der Waals surface area contributed by atoms with Gasteiger partial charge in [-0.25, -0.2) is 0 Å². The molecule has 3 rings (SSSR count). The first-order chi connectivity index (χ1) is 9.63. The van der Waals surface area contributed by atoms with E-state index in [4.69, 9.17) is 4.52 Å². The number of aromatic nitrogens is 2. The van der Waals surface area contributed by atoms with Crippen molar-refractivity contribution in [2.24, 2.45) is 0 Å². The third kappa shape index (κ3) is 2.28. The molecule has 0 aliphatic rings. The molecule has 0 aliphatic heterocycles. The average Bonchev–Trinajstić information content (AvgIpc) is 2.92. The van der Waals surface area contributed by atoms with Gasteiger partial charge in [-0.15, -0.1) is 0 Å². The maximum atomic E-state index is 9.48. The van der Waals surface area contributed by atoms with Crippen molar-refractivity contribution >= 4 is 0 Å². The summed E-state index contributed by atoms with van der Waals surface area (Å²) >= 11 is 0. The van der Waals surface area contributed by atoms with E-state index in [-0.39, 0.29) is 5.75 Å². The van der Waals surface area contributed by atoms with E-state index in [9.17, 15) is 5.11 Å². The molecule has 0 aliphatic carbocycles. The molecule has 3 aromatic rings. The summed E-state index contributed by atoms with van der Waals surface area (Å²) in [5, 5.41) is 13.4. The predicted molar refractivity (Wildman–Crippen MR) is 76.3 cm³/mol. The van der Waals surface area contributed by atoms with Crippen molar-refractivity contribution in [1.29, 1.82) is 0 Å². The van der Waals surface area contributed by atoms with Crippen molar-refractivity contribution < 1.29 is 9.63 Å². The van der Waals surface area contributed by atoms with Gasteiger partial charge in [0.2, 0.25) is 5.82 Å². The van der Waals surface area contributed by atoms with Crippen molar-refractivity contribution in [1.82, 2.24) is 10.1 Å². The average molecular weight is 266 g/mol. The van der Waals surface area contributed by atoms with Gasteiger partial charge in [0.15, 0.2) is 0 Å². The molecule has 0 radical (unpaired) electrons. The Labute approximate surface area is 116 Å². The van der Waals surface area contributed by atoms with Gasteiger partial charge >= 0.3 is 0 Å². The molecule has 0 unspecified atom stereocenters. The van der Waals surface area contributed by atoms with Crippen LogP contribution in [-0.2, 0) is 0 Å². The Morgan fingerprint density at radius 3 is 2.55 bits per heavy atom. The topological polar surface area (TPSA) is 59.2 Å². The Morgan fingerprint density at radius 1 is 0.950 bits per heavy atom. The van der Waals surface area contributed by atoms with Crippen LogP contribution < -0.4 is 0 Å². The van der Waals surface area contributed by atoms with E-state index >= 15 is 0 Å². The van der Waals surface area contributed by atoms with Crippen molar-refractivity contribution in [2.75, 3.05) is 0 Å². The smallest absolute Gasteiger partial charge is 0.258 e. The van der Waals surface area contributed by atoms with E-state index in [0.717, 1.165) is 11.1 Å². The van der Waals surface area contributed by atoms with Gasteiger partial charge in [0, 0.05) is 11.1 Å². The molecule has 1 N–H and O–H groups in total. The van der Waals surface area contributed by atoms with Crippen LogP contribution in [0.25, 0.3) is 22.8 Å². The van der Waals surface area contributed by atoms with Gasteiger partial charge in [0.1, 0.15) is 5.75 Å². The standard InChI is InChI=1S/C16H14N2O2/c1-10-6-7-13(8-11(10)2)16-17-15(18-20-16)12-4-3-5-14(19)9-12/h3-9,19H,1-2H3. The van der Waals surface area contributed by atoms with E-state index in [1.54, 1.807) is 18.2 Å². The number of hydrogen-bond acceptors (Lipinski definition) is 4. The normalized spacial score (nSPS) is 10.7. The monoisotopic (exact) mass is 266 g/mol. The molecule has 20 heavy (non-hydrogen) atoms. The zero-order chi connectivity index (χ0) is 14.1. The second kappa shape index (κ2) is 4.81. The molecule has 0 amide bonds. The Hall–Kier alpha value is -2.62. The Bertz CT molecular complexity index is 763. The molecule has 1 heterocycles. The van der Waals surface area contributed by atoms with Crippen molar-refractivity contribution in [3.05, 3.63) is 53.6 Å². The highest BCUT2D eigenvalue weighted by Crippen LogP contribution is 2.25. The Kier molecular flexibility index (Phi) is 2.99. The first-order valence-corrected chi connectivity index (χ1v) is 6.34. The quantitative estimate of drug-likeness (QED) is 0.767. The molecule has 0 fully saturated rings. The fourth-order valence-corrected chi connectivity index (χ4v) is 1.98. The highest BCUT2D eigenvalue weighted by molar-refractivity contribution is 5.61. The number of nitrogens with zero attached hydrogens (tertiary/aromatic N) is 2. The first-order valence-electron chi connectivity index (χ1n) is 6.34. The van der Waals surface area contributed by atoms with E-state index in [1.165, 1.54) is 11.1 Å². The van der Waals surface area contributed by atoms with Gasteiger partial charge in [-0.2, -0.15) is 4.98 Å². The van der Waals surface area contributed by atoms with Crippen LogP contribution in [0.3, 0.4) is 0 Å². The molecule has 0 bridgehead atoms. The van der Waals surface area contributed by atoms with Crippen molar-refractivity contribution in [3.8, 4) is 28.6 Å². The van der Waals surface area contributed by atoms with Gasteiger partial charge in [-0.1, -0.05) is 23.4 Å². The summed E-state index contributed by atoms with van der Waals surface area (Å²) in [5.41, 5.74) is 4.02. The summed E-state index contributed by atoms with van der Waals surface area (Å²) in [4.78, 5) is 4.37. The van der Waals surface area contributed by atoms with Crippen LogP contribution in [0.4, 0.5) is 0 Å². The third-order valence-corrected chi connectivity index (χ3v) is 3.28. The zero-order valence-electron chi connectivity index (χ0n) is 11.3. The largest absolute Gasteiger partial charge is 0.508 e. The Morgan fingerprint density at radius 2 is 1.80 bits per heavy atom. The van der Waals surface area contributed by atoms with Crippen molar-refractivity contribution in [2.45, 2.75) is 13.8 Å². The van der Waals surface area contributed by atoms with Crippen LogP contribution in [0.15, 0.2) is 47.0 Å². The summed E-state index contributed by atoms with van der Waals surface area (Å²) in [5.74, 6) is 1.13. The fourth-order valence-electron chi connectivity index (χ4n) is 1.98. The molecule has 0 spiro atoms. The van der Waals surface area contributed by atoms with Crippen LogP contribution >= 0.6 is 0 Å². The van der Waals surface area contributed by atoms with Crippen LogP contribution in [0.2, 0.25) is 0 Å². The maximum absolute atomic E-state index is 9.48. The lowest BCUT2D eigenvalue weighted by atomic mass is 10.1. The van der Waals surface area contributed by atoms with E-state index in [1.807, 2.05) is 31.2 Å². The molecule has 2 aromatic carbocycles. The summed E-state index contributed by atoms with van der Waals surface area (Å²) < 4.78 is 5.30. The molecule has 4 heteroatoms. The van der Waals surface area contributed by atoms with Crippen LogP contribution in [0, 0.1) is 13.8 Å². The summed E-state index contributed by atoms with van der Waals surface area (Å²) in [6.45, 7) is 4.11. The zero-order valence-corrected chi connectivity index (χ0v) is 11.3. The molecule has 0 atom stereocenters. The highest BCUT2D eigenvalue weighted by atomic mass is 16.5. The third-order valence-electron chi connectivity index (χ3n) is 3.28. The fraction of sp³-hybridized carbons (Fsp3) is 0.125. The van der Waals surface area contributed by atoms with Crippen molar-refractivity contribution in [3.63, 3.8) is 0 Å². The summed E-state index contributed by atoms with van der Waals surface area (Å²) in [6.07, 6.45) is 0. The van der Waals surface area contributed by atoms with Gasteiger partial charge in [0.05, 0.1) is 0 Å². The summed E-state index contributed by atoms with van der Waals surface area (Å²) in [7, 11) is 0. The molecule has 1 aromatic heterocycles. The van der Waals surface area contributed by atoms with Crippen LogP contribution in [0.5, 0.6) is 5.75 Å². The number of hydrogen-bond donors (Lipinski definition) is 1. The van der Waals surface area contributed by atoms with Crippen LogP contribution in [-0.4, -0.2) is 15.2 Å². The van der Waals surface area contributed by atoms with E-state index in [2.05, 4.69) is 17.1 Å². The number of rotatable bonds is 2. The lowest BCUT2D eigenvalue weighted by Gasteiger charge is -2.00. The van der Waals surface area contributed by atoms with Gasteiger partial charge in [0.25, 0.3) is 5.89 Å². The molecule has 0 saturated heterocycles. The minimum Gasteiger partial charge on any atom is -0.508 e. The van der Waals surface area contributed by atoms with E-state index in [0.29, 0.717) is 11.7 Å². The molecule has 4 nitrogen and oxygen atoms in total. The maximum Gasteiger partial charge on any atom is 0.258 e. The van der Waals surface area contributed by atoms with Crippen LogP contribution in [0.1, 0.15) is 11.1 Å². The molecular formula is C16H14N2O2. The predicted octanol–water partition coefficient (Wildman–Crippen LogP) is 3.73. The summed E-state index contributed by atoms with van der Waals surface area (Å²) in [6, 6.07) is 12.8. The van der Waals surface area contributed by atoms with E-state index < -0.39 is 0 Å². The lowest BCUT2D eigenvalue weighted by molar-refractivity contribution is 0.432. The molecule has 100 valence electrons. The Balaban J connectivity index is 1.99. The minimum atomic E-state index is 0.181. The molecule has 0 saturated carbocycles. The number of phenols is 1. The second-order valence-corrected chi connectivity index (χ2v) is 4.77. The molecular weight excluding hydrogens is 252 g/mol. The van der Waals surface area contributed by atoms with Gasteiger partial charge < -0.3 is 9.63 Å². The number of benzene rings is 2. The number of aryl methyl sites for hydroxylation is 2. The minimum absolute atomic E-state index is 0.181. The number of phenolic OH excluding ortho intramolecular Hbond substituents is 1. The highest BCUT2D eigenvalue weighted by Gasteiger charge is 2.11. The SMILES string of the molecule is Cc1ccc(-c2nc(-c3cccc(O)c3)no2)cc1C.